The van der Waals surface area contributed by atoms with Gasteiger partial charge >= 0.3 is 0 Å². The Kier molecular flexibility index (Phi) is 3.65. The number of imidazole rings is 1. The fourth-order valence-corrected chi connectivity index (χ4v) is 3.52. The normalized spacial score (nSPS) is 21.1. The van der Waals surface area contributed by atoms with Crippen LogP contribution in [0.15, 0.2) is 18.2 Å². The predicted octanol–water partition coefficient (Wildman–Crippen LogP) is 4.01. The first-order chi connectivity index (χ1) is 9.19. The van der Waals surface area contributed by atoms with Crippen LogP contribution in [0.3, 0.4) is 0 Å². The van der Waals surface area contributed by atoms with Gasteiger partial charge in [-0.2, -0.15) is 0 Å². The molecule has 5 heteroatoms. The summed E-state index contributed by atoms with van der Waals surface area (Å²) in [6.07, 6.45) is 2.43. The summed E-state index contributed by atoms with van der Waals surface area (Å²) in [5.74, 6) is 0. The van der Waals surface area contributed by atoms with E-state index in [0.29, 0.717) is 6.04 Å². The number of benzene rings is 1. The van der Waals surface area contributed by atoms with E-state index in [1.807, 2.05) is 12.1 Å². The number of nitrogens with one attached hydrogen (secondary N) is 1. The maximum Gasteiger partial charge on any atom is 0.178 e. The largest absolute Gasteiger partial charge is 0.331 e. The van der Waals surface area contributed by atoms with Gasteiger partial charge in [-0.3, -0.25) is 0 Å². The van der Waals surface area contributed by atoms with Gasteiger partial charge in [0, 0.05) is 17.6 Å². The average Bonchev–Trinajstić information content (AvgIpc) is 2.73. The lowest BCUT2D eigenvalue weighted by atomic mass is 10.1. The monoisotopic (exact) mass is 295 g/mol. The van der Waals surface area contributed by atoms with E-state index in [1.165, 1.54) is 19.4 Å². The van der Waals surface area contributed by atoms with Gasteiger partial charge in [-0.1, -0.05) is 18.5 Å². The predicted molar refractivity (Wildman–Crippen MR) is 82.5 cm³/mol. The third-order valence-electron chi connectivity index (χ3n) is 3.97. The molecule has 0 radical (unpaired) electrons. The van der Waals surface area contributed by atoms with Crippen LogP contribution in [-0.4, -0.2) is 34.1 Å². The second-order valence-electron chi connectivity index (χ2n) is 5.15. The van der Waals surface area contributed by atoms with E-state index in [2.05, 4.69) is 27.4 Å². The molecule has 1 unspecified atom stereocenters. The van der Waals surface area contributed by atoms with Crippen molar-refractivity contribution in [3.63, 3.8) is 0 Å². The van der Waals surface area contributed by atoms with E-state index in [0.717, 1.165) is 33.9 Å². The SMILES string of the molecule is CCN1CCCC(n2c(=S)[nH]c3cc(Cl)ccc32)C1. The fraction of sp³-hybridized carbons (Fsp3) is 0.500. The van der Waals surface area contributed by atoms with Crippen molar-refractivity contribution in [2.24, 2.45) is 0 Å². The molecule has 2 heterocycles. The van der Waals surface area contributed by atoms with E-state index in [-0.39, 0.29) is 0 Å². The van der Waals surface area contributed by atoms with Crippen molar-refractivity contribution in [1.82, 2.24) is 14.5 Å². The molecule has 0 saturated carbocycles. The van der Waals surface area contributed by atoms with Crippen LogP contribution in [0.1, 0.15) is 25.8 Å². The number of hydrogen-bond acceptors (Lipinski definition) is 2. The van der Waals surface area contributed by atoms with Crippen molar-refractivity contribution in [3.05, 3.63) is 28.0 Å². The van der Waals surface area contributed by atoms with Crippen LogP contribution in [0.4, 0.5) is 0 Å². The summed E-state index contributed by atoms with van der Waals surface area (Å²) in [6.45, 7) is 5.61. The molecule has 3 rings (SSSR count). The summed E-state index contributed by atoms with van der Waals surface area (Å²) in [4.78, 5) is 5.76. The summed E-state index contributed by atoms with van der Waals surface area (Å²) in [5.41, 5.74) is 2.20. The fourth-order valence-electron chi connectivity index (χ4n) is 2.99. The molecule has 1 aliphatic heterocycles. The van der Waals surface area contributed by atoms with Crippen LogP contribution in [0, 0.1) is 4.77 Å². The molecule has 1 aliphatic rings. The van der Waals surface area contributed by atoms with Gasteiger partial charge in [-0.15, -0.1) is 0 Å². The molecule has 1 aromatic carbocycles. The van der Waals surface area contributed by atoms with E-state index < -0.39 is 0 Å². The molecule has 1 aromatic heterocycles. The third kappa shape index (κ3) is 2.45. The molecule has 1 N–H and O–H groups in total. The van der Waals surface area contributed by atoms with E-state index in [4.69, 9.17) is 23.8 Å². The van der Waals surface area contributed by atoms with Crippen molar-refractivity contribution in [2.45, 2.75) is 25.8 Å². The number of nitrogens with zero attached hydrogens (tertiary/aromatic N) is 2. The Morgan fingerprint density at radius 1 is 1.47 bits per heavy atom. The molecular weight excluding hydrogens is 278 g/mol. The minimum Gasteiger partial charge on any atom is -0.331 e. The van der Waals surface area contributed by atoms with Gasteiger partial charge in [0.25, 0.3) is 0 Å². The number of halogens is 1. The molecular formula is C14H18ClN3S. The first-order valence-electron chi connectivity index (χ1n) is 6.81. The Morgan fingerprint density at radius 3 is 3.11 bits per heavy atom. The molecule has 3 nitrogen and oxygen atoms in total. The van der Waals surface area contributed by atoms with Crippen LogP contribution in [0.5, 0.6) is 0 Å². The number of likely N-dealkylation sites (N-methyl/N-ethyl adjacent to an activating group) is 1. The van der Waals surface area contributed by atoms with Crippen molar-refractivity contribution in [3.8, 4) is 0 Å². The Labute approximate surface area is 123 Å². The minimum atomic E-state index is 0.469. The Bertz CT molecular complexity index is 646. The summed E-state index contributed by atoms with van der Waals surface area (Å²) in [6, 6.07) is 6.41. The van der Waals surface area contributed by atoms with Crippen molar-refractivity contribution in [1.29, 1.82) is 0 Å². The molecule has 102 valence electrons. The molecule has 19 heavy (non-hydrogen) atoms. The zero-order valence-electron chi connectivity index (χ0n) is 11.0. The van der Waals surface area contributed by atoms with Gasteiger partial charge in [0.1, 0.15) is 0 Å². The summed E-state index contributed by atoms with van der Waals surface area (Å²) in [5, 5.41) is 0.745. The van der Waals surface area contributed by atoms with Crippen molar-refractivity contribution in [2.75, 3.05) is 19.6 Å². The number of piperidine rings is 1. The Balaban J connectivity index is 2.04. The number of hydrogen-bond donors (Lipinski definition) is 1. The first-order valence-corrected chi connectivity index (χ1v) is 7.60. The second-order valence-corrected chi connectivity index (χ2v) is 5.97. The van der Waals surface area contributed by atoms with Crippen LogP contribution in [0.25, 0.3) is 11.0 Å². The number of rotatable bonds is 2. The lowest BCUT2D eigenvalue weighted by molar-refractivity contribution is 0.187. The lowest BCUT2D eigenvalue weighted by Gasteiger charge is -2.32. The lowest BCUT2D eigenvalue weighted by Crippen LogP contribution is -2.36. The van der Waals surface area contributed by atoms with Crippen LogP contribution >= 0.6 is 23.8 Å². The van der Waals surface area contributed by atoms with Crippen molar-refractivity contribution >= 4 is 34.9 Å². The Hall–Kier alpha value is -0.840. The molecule has 0 aliphatic carbocycles. The molecule has 1 atom stereocenters. The third-order valence-corrected chi connectivity index (χ3v) is 4.51. The van der Waals surface area contributed by atoms with Gasteiger partial charge in [-0.25, -0.2) is 0 Å². The van der Waals surface area contributed by atoms with Crippen molar-refractivity contribution < 1.29 is 0 Å². The number of aromatic nitrogens is 2. The van der Waals surface area contributed by atoms with E-state index >= 15 is 0 Å². The molecule has 1 saturated heterocycles. The molecule has 0 amide bonds. The molecule has 0 bridgehead atoms. The van der Waals surface area contributed by atoms with Crippen LogP contribution < -0.4 is 0 Å². The number of likely N-dealkylation sites (tertiary alicyclic amines) is 1. The van der Waals surface area contributed by atoms with Gasteiger partial charge in [0.15, 0.2) is 4.77 Å². The topological polar surface area (TPSA) is 24.0 Å². The van der Waals surface area contributed by atoms with E-state index in [1.54, 1.807) is 0 Å². The summed E-state index contributed by atoms with van der Waals surface area (Å²) < 4.78 is 3.07. The zero-order chi connectivity index (χ0) is 13.4. The van der Waals surface area contributed by atoms with Gasteiger partial charge in [0.05, 0.1) is 11.0 Å². The van der Waals surface area contributed by atoms with Gasteiger partial charge in [0.2, 0.25) is 0 Å². The zero-order valence-corrected chi connectivity index (χ0v) is 12.6. The van der Waals surface area contributed by atoms with Gasteiger partial charge in [-0.05, 0) is 56.3 Å². The highest BCUT2D eigenvalue weighted by atomic mass is 35.5. The molecule has 2 aromatic rings. The smallest absolute Gasteiger partial charge is 0.178 e. The summed E-state index contributed by atoms with van der Waals surface area (Å²) in [7, 11) is 0. The van der Waals surface area contributed by atoms with Crippen LogP contribution in [0.2, 0.25) is 5.02 Å². The second kappa shape index (κ2) is 5.27. The maximum atomic E-state index is 6.04. The number of fused-ring (bicyclic) bond motifs is 1. The number of H-pyrrole nitrogens is 1. The molecule has 0 spiro atoms. The van der Waals surface area contributed by atoms with E-state index in [9.17, 15) is 0 Å². The average molecular weight is 296 g/mol. The standard InChI is InChI=1S/C14H18ClN3S/c1-2-17-7-3-4-11(9-17)18-13-6-5-10(15)8-12(13)16-14(18)19/h5-6,8,11H,2-4,7,9H2,1H3,(H,16,19). The first kappa shape index (κ1) is 13.2. The minimum absolute atomic E-state index is 0.469. The molecule has 1 fully saturated rings. The van der Waals surface area contributed by atoms with Crippen LogP contribution in [-0.2, 0) is 0 Å². The highest BCUT2D eigenvalue weighted by molar-refractivity contribution is 7.71. The quantitative estimate of drug-likeness (QED) is 0.847. The highest BCUT2D eigenvalue weighted by Crippen LogP contribution is 2.27. The van der Waals surface area contributed by atoms with Gasteiger partial charge < -0.3 is 14.5 Å². The highest BCUT2D eigenvalue weighted by Gasteiger charge is 2.22. The Morgan fingerprint density at radius 2 is 2.32 bits per heavy atom. The number of aromatic amines is 1. The maximum absolute atomic E-state index is 6.04. The summed E-state index contributed by atoms with van der Waals surface area (Å²) >= 11 is 11.5.